The largest absolute Gasteiger partial charge is 0.375 e. The first-order chi connectivity index (χ1) is 17.1. The second kappa shape index (κ2) is 12.4. The van der Waals surface area contributed by atoms with Gasteiger partial charge in [0.05, 0.1) is 0 Å². The fourth-order valence-electron chi connectivity index (χ4n) is 4.14. The molecule has 1 amide bonds. The molecule has 2 aliphatic rings. The average molecular weight is 476 g/mol. The molecule has 0 spiro atoms. The van der Waals surface area contributed by atoms with Crippen LogP contribution in [0.1, 0.15) is 37.7 Å². The number of allylic oxidation sites excluding steroid dienone is 2. The van der Waals surface area contributed by atoms with Crippen LogP contribution in [-0.2, 0) is 11.2 Å². The van der Waals surface area contributed by atoms with Crippen molar-refractivity contribution in [2.75, 3.05) is 43.9 Å². The van der Waals surface area contributed by atoms with Crippen LogP contribution >= 0.6 is 0 Å². The normalized spacial score (nSPS) is 16.1. The van der Waals surface area contributed by atoms with E-state index in [1.54, 1.807) is 6.20 Å². The zero-order chi connectivity index (χ0) is 24.5. The van der Waals surface area contributed by atoms with Crippen LogP contribution in [0.2, 0.25) is 0 Å². The van der Waals surface area contributed by atoms with Crippen molar-refractivity contribution in [3.05, 3.63) is 66.1 Å². The summed E-state index contributed by atoms with van der Waals surface area (Å²) in [4.78, 5) is 23.4. The van der Waals surface area contributed by atoms with Gasteiger partial charge >= 0.3 is 0 Å². The molecule has 0 unspecified atom stereocenters. The van der Waals surface area contributed by atoms with Gasteiger partial charge in [-0.15, -0.1) is 0 Å². The quantitative estimate of drug-likeness (QED) is 0.327. The Morgan fingerprint density at radius 1 is 1.17 bits per heavy atom. The highest BCUT2D eigenvalue weighted by molar-refractivity contribution is 5.76. The van der Waals surface area contributed by atoms with E-state index in [4.69, 9.17) is 0 Å². The van der Waals surface area contributed by atoms with Crippen LogP contribution < -0.4 is 21.3 Å². The molecule has 2 aromatic rings. The lowest BCUT2D eigenvalue weighted by molar-refractivity contribution is -0.121. The Kier molecular flexibility index (Phi) is 8.73. The van der Waals surface area contributed by atoms with Gasteiger partial charge in [0.25, 0.3) is 0 Å². The van der Waals surface area contributed by atoms with E-state index in [9.17, 15) is 4.79 Å². The third kappa shape index (κ3) is 8.10. The third-order valence-electron chi connectivity index (χ3n) is 6.42. The Morgan fingerprint density at radius 3 is 2.66 bits per heavy atom. The number of carbonyl (C=O) groups excluding carboxylic acids is 1. The van der Waals surface area contributed by atoms with Gasteiger partial charge < -0.3 is 26.2 Å². The molecule has 8 nitrogen and oxygen atoms in total. The maximum absolute atomic E-state index is 12.1. The molecule has 1 aromatic heterocycles. The summed E-state index contributed by atoms with van der Waals surface area (Å²) < 4.78 is 0. The van der Waals surface area contributed by atoms with E-state index >= 15 is 0 Å². The summed E-state index contributed by atoms with van der Waals surface area (Å²) in [7, 11) is 1.87. The van der Waals surface area contributed by atoms with E-state index in [2.05, 4.69) is 42.7 Å². The van der Waals surface area contributed by atoms with Crippen molar-refractivity contribution in [2.45, 2.75) is 38.5 Å². The highest BCUT2D eigenvalue weighted by Gasteiger charge is 2.23. The van der Waals surface area contributed by atoms with Crippen molar-refractivity contribution in [3.63, 3.8) is 0 Å². The summed E-state index contributed by atoms with van der Waals surface area (Å²) in [6.07, 6.45) is 9.97. The first-order valence-electron chi connectivity index (χ1n) is 12.6. The molecule has 2 heterocycles. The van der Waals surface area contributed by atoms with Gasteiger partial charge in [0.2, 0.25) is 11.9 Å². The minimum absolute atomic E-state index is 0.111. The fraction of sp³-hybridized carbons (Fsp3) is 0.444. The van der Waals surface area contributed by atoms with E-state index in [1.807, 2.05) is 43.5 Å². The number of likely N-dealkylation sites (tertiary alicyclic amines) is 1. The molecule has 1 aromatic carbocycles. The highest BCUT2D eigenvalue weighted by atomic mass is 16.1. The summed E-state index contributed by atoms with van der Waals surface area (Å²) in [6, 6.07) is 9.88. The van der Waals surface area contributed by atoms with Crippen LogP contribution in [0.4, 0.5) is 17.5 Å². The molecule has 4 rings (SSSR count). The predicted octanol–water partition coefficient (Wildman–Crippen LogP) is 3.80. The number of rotatable bonds is 13. The lowest BCUT2D eigenvalue weighted by Gasteiger charge is -2.14. The molecule has 8 heteroatoms. The Morgan fingerprint density at radius 2 is 1.94 bits per heavy atom. The Balaban J connectivity index is 1.23. The van der Waals surface area contributed by atoms with Gasteiger partial charge in [-0.3, -0.25) is 4.79 Å². The summed E-state index contributed by atoms with van der Waals surface area (Å²) in [5, 5.41) is 12.7. The number of aromatic nitrogens is 2. The molecule has 1 saturated carbocycles. The van der Waals surface area contributed by atoms with Crippen LogP contribution in [-0.4, -0.2) is 54.0 Å². The van der Waals surface area contributed by atoms with Crippen molar-refractivity contribution in [2.24, 2.45) is 5.92 Å². The number of benzene rings is 1. The van der Waals surface area contributed by atoms with Crippen molar-refractivity contribution in [1.82, 2.24) is 25.5 Å². The number of nitrogens with one attached hydrogen (secondary N) is 4. The lowest BCUT2D eigenvalue weighted by atomic mass is 10.1. The molecule has 2 fully saturated rings. The molecule has 0 atom stereocenters. The number of hydrogen-bond donors (Lipinski definition) is 4. The monoisotopic (exact) mass is 475 g/mol. The van der Waals surface area contributed by atoms with Crippen molar-refractivity contribution >= 4 is 23.4 Å². The van der Waals surface area contributed by atoms with E-state index in [0.29, 0.717) is 24.1 Å². The van der Waals surface area contributed by atoms with Crippen LogP contribution in [0.3, 0.4) is 0 Å². The molecular weight excluding hydrogens is 438 g/mol. The maximum Gasteiger partial charge on any atom is 0.229 e. The first kappa shape index (κ1) is 24.7. The molecule has 0 bridgehead atoms. The molecule has 186 valence electrons. The number of nitrogens with zero attached hydrogens (tertiary/aromatic N) is 3. The maximum atomic E-state index is 12.1. The van der Waals surface area contributed by atoms with E-state index in [-0.39, 0.29) is 5.91 Å². The van der Waals surface area contributed by atoms with Crippen molar-refractivity contribution in [1.29, 1.82) is 0 Å². The van der Waals surface area contributed by atoms with Gasteiger partial charge in [-0.2, -0.15) is 4.98 Å². The highest BCUT2D eigenvalue weighted by Crippen LogP contribution is 2.36. The second-order valence-electron chi connectivity index (χ2n) is 9.27. The SMILES string of the molecule is C=C(/C=C(\NC)Nc1ccnc(Nc2ccc(CCC(=O)NCCN3CCCC3)cc2)n1)C1CC1. The minimum atomic E-state index is 0.111. The lowest BCUT2D eigenvalue weighted by Crippen LogP contribution is -2.33. The third-order valence-corrected chi connectivity index (χ3v) is 6.42. The average Bonchev–Trinajstić information content (AvgIpc) is 3.60. The first-order valence-corrected chi connectivity index (χ1v) is 12.6. The Bertz CT molecular complexity index is 1020. The smallest absolute Gasteiger partial charge is 0.229 e. The number of hydrogen-bond acceptors (Lipinski definition) is 7. The van der Waals surface area contributed by atoms with E-state index in [1.165, 1.54) is 25.7 Å². The van der Waals surface area contributed by atoms with Crippen molar-refractivity contribution in [3.8, 4) is 0 Å². The number of anilines is 3. The molecule has 4 N–H and O–H groups in total. The van der Waals surface area contributed by atoms with Crippen LogP contribution in [0, 0.1) is 5.92 Å². The Hall–Kier alpha value is -3.39. The van der Waals surface area contributed by atoms with E-state index < -0.39 is 0 Å². The molecule has 35 heavy (non-hydrogen) atoms. The van der Waals surface area contributed by atoms with Gasteiger partial charge in [0.1, 0.15) is 11.6 Å². The molecule has 1 aliphatic carbocycles. The standard InChI is InChI=1S/C27H37N7O/c1-20(22-8-9-22)19-25(28-2)32-24-13-14-30-27(33-24)31-23-10-5-21(6-11-23)7-12-26(35)29-15-18-34-16-3-4-17-34/h5-6,10-11,13-14,19,22,28H,1,3-4,7-9,12,15-18H2,2H3,(H,29,35)(H2,30,31,32,33)/b25-19+. The summed E-state index contributed by atoms with van der Waals surface area (Å²) in [5.74, 6) is 2.78. The van der Waals surface area contributed by atoms with Crippen LogP contribution in [0.25, 0.3) is 0 Å². The zero-order valence-corrected chi connectivity index (χ0v) is 20.6. The summed E-state index contributed by atoms with van der Waals surface area (Å²) in [6.45, 7) is 8.15. The molecular formula is C27H37N7O. The van der Waals surface area contributed by atoms with E-state index in [0.717, 1.165) is 55.2 Å². The molecule has 0 radical (unpaired) electrons. The minimum Gasteiger partial charge on any atom is -0.375 e. The second-order valence-corrected chi connectivity index (χ2v) is 9.27. The van der Waals surface area contributed by atoms with Gasteiger partial charge in [0.15, 0.2) is 0 Å². The van der Waals surface area contributed by atoms with Crippen LogP contribution in [0.5, 0.6) is 0 Å². The molecule has 1 saturated heterocycles. The van der Waals surface area contributed by atoms with Crippen molar-refractivity contribution < 1.29 is 4.79 Å². The Labute approximate surface area is 208 Å². The van der Waals surface area contributed by atoms with Gasteiger partial charge in [-0.1, -0.05) is 18.7 Å². The summed E-state index contributed by atoms with van der Waals surface area (Å²) in [5.41, 5.74) is 3.16. The van der Waals surface area contributed by atoms with Gasteiger partial charge in [-0.25, -0.2) is 4.98 Å². The number of carbonyl (C=O) groups is 1. The van der Waals surface area contributed by atoms with Gasteiger partial charge in [-0.05, 0) is 86.5 Å². The zero-order valence-electron chi connectivity index (χ0n) is 20.6. The topological polar surface area (TPSA) is 94.2 Å². The number of aryl methyl sites for hydroxylation is 1. The van der Waals surface area contributed by atoms with Crippen LogP contribution in [0.15, 0.2) is 60.6 Å². The molecule has 1 aliphatic heterocycles. The predicted molar refractivity (Wildman–Crippen MR) is 141 cm³/mol. The fourth-order valence-corrected chi connectivity index (χ4v) is 4.14. The summed E-state index contributed by atoms with van der Waals surface area (Å²) >= 11 is 0. The van der Waals surface area contributed by atoms with Gasteiger partial charge in [0, 0.05) is 38.4 Å². The number of amides is 1.